The number of carbonyl (C=O) groups excluding carboxylic acids is 3. The highest BCUT2D eigenvalue weighted by Crippen LogP contribution is 2.39. The second kappa shape index (κ2) is 7.01. The van der Waals surface area contributed by atoms with Gasteiger partial charge in [0.15, 0.2) is 0 Å². The van der Waals surface area contributed by atoms with Gasteiger partial charge in [0.1, 0.15) is 18.2 Å². The maximum atomic E-state index is 12.9. The van der Waals surface area contributed by atoms with E-state index in [0.717, 1.165) is 11.3 Å². The molecule has 140 valence electrons. The number of amides is 3. The van der Waals surface area contributed by atoms with Crippen molar-refractivity contribution in [2.75, 3.05) is 6.54 Å². The van der Waals surface area contributed by atoms with Gasteiger partial charge in [-0.1, -0.05) is 13.8 Å². The Morgan fingerprint density at radius 1 is 1.35 bits per heavy atom. The van der Waals surface area contributed by atoms with Crippen LogP contribution in [0.3, 0.4) is 0 Å². The van der Waals surface area contributed by atoms with Crippen LogP contribution >= 0.6 is 0 Å². The Morgan fingerprint density at radius 3 is 2.65 bits per heavy atom. The molecule has 2 heterocycles. The molecule has 26 heavy (non-hydrogen) atoms. The maximum absolute atomic E-state index is 12.9. The Labute approximate surface area is 152 Å². The molecule has 3 unspecified atom stereocenters. The number of nitrogens with one attached hydrogen (secondary N) is 1. The van der Waals surface area contributed by atoms with E-state index in [9.17, 15) is 14.4 Å². The zero-order valence-electron chi connectivity index (χ0n) is 15.3. The zero-order valence-corrected chi connectivity index (χ0v) is 15.3. The zero-order chi connectivity index (χ0) is 18.9. The number of aromatic nitrogens is 2. The van der Waals surface area contributed by atoms with E-state index in [0.29, 0.717) is 30.4 Å². The molecule has 0 aromatic carbocycles. The summed E-state index contributed by atoms with van der Waals surface area (Å²) in [7, 11) is 0. The molecule has 1 N–H and O–H groups in total. The minimum Gasteiger partial charge on any atom is -0.455 e. The second-order valence-corrected chi connectivity index (χ2v) is 7.52. The molecule has 0 bridgehead atoms. The van der Waals surface area contributed by atoms with Crippen molar-refractivity contribution in [1.82, 2.24) is 20.2 Å². The molecule has 0 radical (unpaired) electrons. The average molecular weight is 360 g/mol. The van der Waals surface area contributed by atoms with Crippen molar-refractivity contribution in [3.05, 3.63) is 24.3 Å². The Kier molecular flexibility index (Phi) is 4.93. The molecule has 3 rings (SSSR count). The van der Waals surface area contributed by atoms with Gasteiger partial charge >= 0.3 is 12.0 Å². The quantitative estimate of drug-likeness (QED) is 0.649. The summed E-state index contributed by atoms with van der Waals surface area (Å²) in [6.07, 6.45) is 6.16. The first kappa shape index (κ1) is 18.3. The number of urea groups is 1. The van der Waals surface area contributed by atoms with Crippen LogP contribution in [-0.2, 0) is 14.3 Å². The molecule has 1 aromatic rings. The molecule has 1 saturated carbocycles. The van der Waals surface area contributed by atoms with E-state index in [-0.39, 0.29) is 5.91 Å². The molecule has 1 aliphatic carbocycles. The van der Waals surface area contributed by atoms with Gasteiger partial charge in [0, 0.05) is 12.4 Å². The molecule has 1 spiro atoms. The first-order valence-electron chi connectivity index (χ1n) is 8.90. The number of hydrogen-bond acceptors (Lipinski definition) is 6. The largest absolute Gasteiger partial charge is 0.455 e. The number of esters is 1. The standard InChI is InChI=1S/C18H24N4O4/c1-11-6-12(2)8-18(7-11)16(24)22(17(25)21-18)10-15(23)26-13(3)14-9-19-4-5-20-14/h4-5,9,11-13H,6-8,10H2,1-3H3,(H,21,25). The van der Waals surface area contributed by atoms with Crippen LogP contribution in [0.25, 0.3) is 0 Å². The lowest BCUT2D eigenvalue weighted by molar-refractivity contribution is -0.152. The molecule has 1 aliphatic heterocycles. The normalized spacial score (nSPS) is 29.6. The van der Waals surface area contributed by atoms with Crippen LogP contribution in [-0.4, -0.2) is 44.9 Å². The molecular formula is C18H24N4O4. The van der Waals surface area contributed by atoms with Crippen molar-refractivity contribution in [3.63, 3.8) is 0 Å². The Hall–Kier alpha value is -2.51. The van der Waals surface area contributed by atoms with Crippen molar-refractivity contribution >= 4 is 17.9 Å². The van der Waals surface area contributed by atoms with E-state index in [4.69, 9.17) is 4.74 Å². The fourth-order valence-corrected chi connectivity index (χ4v) is 4.17. The third-order valence-corrected chi connectivity index (χ3v) is 5.04. The van der Waals surface area contributed by atoms with E-state index in [1.54, 1.807) is 6.92 Å². The molecular weight excluding hydrogens is 336 g/mol. The maximum Gasteiger partial charge on any atom is 0.326 e. The number of rotatable bonds is 4. The summed E-state index contributed by atoms with van der Waals surface area (Å²) in [6, 6.07) is -0.527. The van der Waals surface area contributed by atoms with Gasteiger partial charge in [-0.15, -0.1) is 0 Å². The fraction of sp³-hybridized carbons (Fsp3) is 0.611. The first-order chi connectivity index (χ1) is 12.3. The lowest BCUT2D eigenvalue weighted by Crippen LogP contribution is -2.52. The SMILES string of the molecule is CC1CC(C)CC2(C1)NC(=O)N(CC(=O)OC(C)c1cnccn1)C2=O. The summed E-state index contributed by atoms with van der Waals surface area (Å²) in [4.78, 5) is 46.4. The smallest absolute Gasteiger partial charge is 0.326 e. The van der Waals surface area contributed by atoms with Gasteiger partial charge in [-0.2, -0.15) is 0 Å². The van der Waals surface area contributed by atoms with Crippen LogP contribution in [0, 0.1) is 11.8 Å². The lowest BCUT2D eigenvalue weighted by Gasteiger charge is -2.37. The van der Waals surface area contributed by atoms with Gasteiger partial charge in [-0.25, -0.2) is 4.79 Å². The van der Waals surface area contributed by atoms with Crippen molar-refractivity contribution in [1.29, 1.82) is 0 Å². The van der Waals surface area contributed by atoms with Crippen molar-refractivity contribution < 1.29 is 19.1 Å². The van der Waals surface area contributed by atoms with Crippen molar-refractivity contribution in [3.8, 4) is 0 Å². The van der Waals surface area contributed by atoms with Crippen LogP contribution in [0.1, 0.15) is 51.8 Å². The van der Waals surface area contributed by atoms with Gasteiger partial charge in [0.2, 0.25) is 0 Å². The Morgan fingerprint density at radius 2 is 2.04 bits per heavy atom. The number of ether oxygens (including phenoxy) is 1. The molecule has 1 aromatic heterocycles. The minimum absolute atomic E-state index is 0.329. The third kappa shape index (κ3) is 3.54. The summed E-state index contributed by atoms with van der Waals surface area (Å²) in [5, 5.41) is 2.83. The highest BCUT2D eigenvalue weighted by molar-refractivity contribution is 6.08. The number of nitrogens with zero attached hydrogens (tertiary/aromatic N) is 3. The van der Waals surface area contributed by atoms with E-state index in [1.807, 2.05) is 0 Å². The predicted molar refractivity (Wildman–Crippen MR) is 91.7 cm³/mol. The average Bonchev–Trinajstić information content (AvgIpc) is 2.78. The van der Waals surface area contributed by atoms with Crippen LogP contribution in [0.2, 0.25) is 0 Å². The summed E-state index contributed by atoms with van der Waals surface area (Å²) in [6.45, 7) is 5.42. The van der Waals surface area contributed by atoms with E-state index in [1.165, 1.54) is 18.6 Å². The first-order valence-corrected chi connectivity index (χ1v) is 8.90. The van der Waals surface area contributed by atoms with Crippen molar-refractivity contribution in [2.45, 2.75) is 51.7 Å². The predicted octanol–water partition coefficient (Wildman–Crippen LogP) is 1.83. The number of carbonyl (C=O) groups is 3. The molecule has 2 fully saturated rings. The van der Waals surface area contributed by atoms with E-state index in [2.05, 4.69) is 29.1 Å². The topological polar surface area (TPSA) is 101 Å². The monoisotopic (exact) mass is 360 g/mol. The highest BCUT2D eigenvalue weighted by atomic mass is 16.5. The van der Waals surface area contributed by atoms with Gasteiger partial charge < -0.3 is 10.1 Å². The highest BCUT2D eigenvalue weighted by Gasteiger charge is 2.54. The third-order valence-electron chi connectivity index (χ3n) is 5.04. The Bertz CT molecular complexity index is 698. The van der Waals surface area contributed by atoms with Crippen LogP contribution in [0.5, 0.6) is 0 Å². The van der Waals surface area contributed by atoms with Crippen LogP contribution in [0.15, 0.2) is 18.6 Å². The molecule has 2 aliphatic rings. The van der Waals surface area contributed by atoms with Gasteiger partial charge in [0.05, 0.1) is 11.9 Å². The van der Waals surface area contributed by atoms with Crippen molar-refractivity contribution in [2.24, 2.45) is 11.8 Å². The second-order valence-electron chi connectivity index (χ2n) is 7.52. The number of hydrogen-bond donors (Lipinski definition) is 1. The summed E-state index contributed by atoms with van der Waals surface area (Å²) < 4.78 is 5.30. The summed E-state index contributed by atoms with van der Waals surface area (Å²) in [5.41, 5.74) is -0.380. The van der Waals surface area contributed by atoms with Gasteiger partial charge in [-0.3, -0.25) is 24.5 Å². The molecule has 8 nitrogen and oxygen atoms in total. The Balaban J connectivity index is 1.65. The van der Waals surface area contributed by atoms with E-state index >= 15 is 0 Å². The van der Waals surface area contributed by atoms with E-state index < -0.39 is 30.2 Å². The van der Waals surface area contributed by atoms with Crippen LogP contribution < -0.4 is 5.32 Å². The number of imide groups is 1. The molecule has 8 heteroatoms. The molecule has 3 atom stereocenters. The molecule has 3 amide bonds. The lowest BCUT2D eigenvalue weighted by atomic mass is 9.71. The fourth-order valence-electron chi connectivity index (χ4n) is 4.17. The van der Waals surface area contributed by atoms with Gasteiger partial charge in [-0.05, 0) is 38.0 Å². The summed E-state index contributed by atoms with van der Waals surface area (Å²) >= 11 is 0. The molecule has 1 saturated heterocycles. The minimum atomic E-state index is -0.884. The summed E-state index contributed by atoms with van der Waals surface area (Å²) in [5.74, 6) is -0.302. The van der Waals surface area contributed by atoms with Gasteiger partial charge in [0.25, 0.3) is 5.91 Å². The van der Waals surface area contributed by atoms with Crippen LogP contribution in [0.4, 0.5) is 4.79 Å².